The first kappa shape index (κ1) is 19.6. The topological polar surface area (TPSA) is 55.2 Å². The van der Waals surface area contributed by atoms with Crippen molar-refractivity contribution in [3.63, 3.8) is 0 Å². The van der Waals surface area contributed by atoms with Gasteiger partial charge in [-0.2, -0.15) is 0 Å². The number of morpholine rings is 1. The number of fused-ring (bicyclic) bond motifs is 3. The molecule has 0 spiro atoms. The summed E-state index contributed by atoms with van der Waals surface area (Å²) >= 11 is 5.97. The molecule has 6 nitrogen and oxygen atoms in total. The number of halogens is 1. The molecule has 2 aliphatic heterocycles. The Labute approximate surface area is 179 Å². The van der Waals surface area contributed by atoms with E-state index in [2.05, 4.69) is 9.80 Å². The Morgan fingerprint density at radius 2 is 1.73 bits per heavy atom. The maximum atomic E-state index is 13.1. The second-order valence-electron chi connectivity index (χ2n) is 7.68. The molecule has 2 aromatic carbocycles. The molecule has 1 aromatic heterocycles. The number of ether oxygens (including phenoxy) is 2. The molecule has 2 aliphatic rings. The number of nitrogens with zero attached hydrogens (tertiary/aromatic N) is 2. The van der Waals surface area contributed by atoms with Crippen LogP contribution in [0.25, 0.3) is 22.1 Å². The van der Waals surface area contributed by atoms with Gasteiger partial charge in [0.2, 0.25) is 5.43 Å². The van der Waals surface area contributed by atoms with Crippen LogP contribution < -0.4 is 10.2 Å². The van der Waals surface area contributed by atoms with E-state index in [1.165, 1.54) is 0 Å². The lowest BCUT2D eigenvalue weighted by Crippen LogP contribution is -2.43. The average molecular weight is 427 g/mol. The van der Waals surface area contributed by atoms with Crippen molar-refractivity contribution in [2.75, 3.05) is 46.1 Å². The Hall–Kier alpha value is -2.38. The van der Waals surface area contributed by atoms with E-state index in [1.54, 1.807) is 24.5 Å². The van der Waals surface area contributed by atoms with Gasteiger partial charge < -0.3 is 13.9 Å². The molecule has 0 aliphatic carbocycles. The molecule has 3 heterocycles. The molecular weight excluding hydrogens is 404 g/mol. The fourth-order valence-electron chi connectivity index (χ4n) is 4.03. The minimum absolute atomic E-state index is 0.0492. The standard InChI is InChI=1S/C23H23ClN2O4/c24-17-3-1-16(2-4-17)20-14-29-23-18(22(20)27)5-6-21-19(23)13-26(15-30-21)8-7-25-9-11-28-12-10-25/h1-6,14H,7-13,15H2. The largest absolute Gasteiger partial charge is 0.478 e. The number of hydrogen-bond donors (Lipinski definition) is 0. The van der Waals surface area contributed by atoms with Gasteiger partial charge in [0, 0.05) is 37.7 Å². The van der Waals surface area contributed by atoms with Crippen LogP contribution >= 0.6 is 11.6 Å². The first-order valence-corrected chi connectivity index (χ1v) is 10.6. The van der Waals surface area contributed by atoms with Gasteiger partial charge in [-0.25, -0.2) is 0 Å². The first-order chi connectivity index (χ1) is 14.7. The monoisotopic (exact) mass is 426 g/mol. The predicted molar refractivity (Wildman–Crippen MR) is 116 cm³/mol. The summed E-state index contributed by atoms with van der Waals surface area (Å²) in [4.78, 5) is 17.8. The molecule has 3 aromatic rings. The number of benzene rings is 2. The molecule has 5 rings (SSSR count). The van der Waals surface area contributed by atoms with E-state index in [-0.39, 0.29) is 5.43 Å². The third kappa shape index (κ3) is 3.84. The number of rotatable bonds is 4. The fourth-order valence-corrected chi connectivity index (χ4v) is 4.16. The summed E-state index contributed by atoms with van der Waals surface area (Å²) in [6.45, 7) is 6.62. The van der Waals surface area contributed by atoms with Crippen molar-refractivity contribution in [1.29, 1.82) is 0 Å². The molecule has 0 radical (unpaired) electrons. The third-order valence-corrected chi connectivity index (χ3v) is 6.03. The van der Waals surface area contributed by atoms with Gasteiger partial charge in [0.25, 0.3) is 0 Å². The van der Waals surface area contributed by atoms with Crippen molar-refractivity contribution in [2.45, 2.75) is 6.54 Å². The minimum atomic E-state index is -0.0492. The zero-order valence-electron chi connectivity index (χ0n) is 16.6. The summed E-state index contributed by atoms with van der Waals surface area (Å²) in [7, 11) is 0. The highest BCUT2D eigenvalue weighted by atomic mass is 35.5. The van der Waals surface area contributed by atoms with Crippen LogP contribution in [-0.2, 0) is 11.3 Å². The smallest absolute Gasteiger partial charge is 0.200 e. The van der Waals surface area contributed by atoms with Crippen LogP contribution in [0.5, 0.6) is 5.75 Å². The maximum Gasteiger partial charge on any atom is 0.200 e. The molecule has 0 unspecified atom stereocenters. The molecule has 0 bridgehead atoms. The quantitative estimate of drug-likeness (QED) is 0.635. The molecule has 0 atom stereocenters. The van der Waals surface area contributed by atoms with E-state index in [1.807, 2.05) is 18.2 Å². The average Bonchev–Trinajstić information content (AvgIpc) is 2.79. The summed E-state index contributed by atoms with van der Waals surface area (Å²) in [5.74, 6) is 0.785. The van der Waals surface area contributed by atoms with E-state index < -0.39 is 0 Å². The Morgan fingerprint density at radius 3 is 2.53 bits per heavy atom. The molecule has 0 saturated carbocycles. The van der Waals surface area contributed by atoms with Crippen LogP contribution in [0.1, 0.15) is 5.56 Å². The lowest BCUT2D eigenvalue weighted by molar-refractivity contribution is 0.0241. The minimum Gasteiger partial charge on any atom is -0.478 e. The van der Waals surface area contributed by atoms with Crippen molar-refractivity contribution in [3.05, 3.63) is 63.5 Å². The third-order valence-electron chi connectivity index (χ3n) is 5.78. The van der Waals surface area contributed by atoms with E-state index in [0.717, 1.165) is 56.3 Å². The van der Waals surface area contributed by atoms with Crippen LogP contribution in [0.3, 0.4) is 0 Å². The lowest BCUT2D eigenvalue weighted by atomic mass is 10.0. The van der Waals surface area contributed by atoms with Gasteiger partial charge >= 0.3 is 0 Å². The van der Waals surface area contributed by atoms with Crippen LogP contribution in [0, 0.1) is 0 Å². The first-order valence-electron chi connectivity index (χ1n) is 10.2. The molecule has 1 saturated heterocycles. The SMILES string of the molecule is O=c1c(-c2ccc(Cl)cc2)coc2c3c(ccc12)OCN(CCN1CCOCC1)C3. The van der Waals surface area contributed by atoms with Gasteiger partial charge in [-0.3, -0.25) is 14.6 Å². The maximum absolute atomic E-state index is 13.1. The highest BCUT2D eigenvalue weighted by Crippen LogP contribution is 2.32. The highest BCUT2D eigenvalue weighted by Gasteiger charge is 2.23. The Kier molecular flexibility index (Phi) is 5.48. The van der Waals surface area contributed by atoms with Gasteiger partial charge in [0.1, 0.15) is 24.3 Å². The van der Waals surface area contributed by atoms with Crippen molar-refractivity contribution in [2.24, 2.45) is 0 Å². The normalized spacial score (nSPS) is 17.6. The van der Waals surface area contributed by atoms with Crippen LogP contribution in [0.15, 0.2) is 51.9 Å². The van der Waals surface area contributed by atoms with Crippen molar-refractivity contribution >= 4 is 22.6 Å². The van der Waals surface area contributed by atoms with E-state index in [0.29, 0.717) is 34.8 Å². The van der Waals surface area contributed by atoms with E-state index in [4.69, 9.17) is 25.5 Å². The van der Waals surface area contributed by atoms with Gasteiger partial charge in [-0.15, -0.1) is 0 Å². The van der Waals surface area contributed by atoms with Crippen LogP contribution in [-0.4, -0.2) is 55.9 Å². The zero-order chi connectivity index (χ0) is 20.5. The number of hydrogen-bond acceptors (Lipinski definition) is 6. The lowest BCUT2D eigenvalue weighted by Gasteiger charge is -2.32. The van der Waals surface area contributed by atoms with Crippen LogP contribution in [0.4, 0.5) is 0 Å². The summed E-state index contributed by atoms with van der Waals surface area (Å²) in [5.41, 5.74) is 2.80. The Balaban J connectivity index is 1.41. The summed E-state index contributed by atoms with van der Waals surface area (Å²) in [6, 6.07) is 10.9. The predicted octanol–water partition coefficient (Wildman–Crippen LogP) is 3.60. The second kappa shape index (κ2) is 8.40. The van der Waals surface area contributed by atoms with Crippen molar-refractivity contribution < 1.29 is 13.9 Å². The van der Waals surface area contributed by atoms with Gasteiger partial charge in [0.05, 0.1) is 29.7 Å². The Bertz CT molecular complexity index is 1110. The van der Waals surface area contributed by atoms with E-state index >= 15 is 0 Å². The molecule has 7 heteroatoms. The molecule has 0 N–H and O–H groups in total. The van der Waals surface area contributed by atoms with Gasteiger partial charge in [0.15, 0.2) is 0 Å². The van der Waals surface area contributed by atoms with Crippen LogP contribution in [0.2, 0.25) is 5.02 Å². The summed E-state index contributed by atoms with van der Waals surface area (Å²) in [5, 5.41) is 1.20. The summed E-state index contributed by atoms with van der Waals surface area (Å²) in [6.07, 6.45) is 1.54. The molecule has 1 fully saturated rings. The highest BCUT2D eigenvalue weighted by molar-refractivity contribution is 6.30. The molecule has 30 heavy (non-hydrogen) atoms. The van der Waals surface area contributed by atoms with E-state index in [9.17, 15) is 4.79 Å². The fraction of sp³-hybridized carbons (Fsp3) is 0.348. The second-order valence-corrected chi connectivity index (χ2v) is 8.12. The molecule has 156 valence electrons. The van der Waals surface area contributed by atoms with Gasteiger partial charge in [-0.1, -0.05) is 23.7 Å². The van der Waals surface area contributed by atoms with Crippen molar-refractivity contribution in [3.8, 4) is 16.9 Å². The molecular formula is C23H23ClN2O4. The van der Waals surface area contributed by atoms with Gasteiger partial charge in [-0.05, 0) is 29.8 Å². The van der Waals surface area contributed by atoms with Crippen molar-refractivity contribution in [1.82, 2.24) is 9.80 Å². The summed E-state index contributed by atoms with van der Waals surface area (Å²) < 4.78 is 17.4. The molecule has 0 amide bonds. The zero-order valence-corrected chi connectivity index (χ0v) is 17.4. The Morgan fingerprint density at radius 1 is 0.967 bits per heavy atom.